The van der Waals surface area contributed by atoms with Gasteiger partial charge in [0.1, 0.15) is 11.6 Å². The molecule has 0 unspecified atom stereocenters. The molecule has 19 heavy (non-hydrogen) atoms. The summed E-state index contributed by atoms with van der Waals surface area (Å²) in [5, 5.41) is 2.18. The van der Waals surface area contributed by atoms with E-state index in [9.17, 15) is 17.6 Å². The summed E-state index contributed by atoms with van der Waals surface area (Å²) in [6.07, 6.45) is 0. The average Bonchev–Trinajstić information content (AvgIpc) is 2.32. The first kappa shape index (κ1) is 13.5. The van der Waals surface area contributed by atoms with E-state index < -0.39 is 23.3 Å². The number of rotatable bonds is 2. The number of nitrogens with one attached hydrogen (secondary N) is 1. The minimum atomic E-state index is -1.31. The Labute approximate surface area is 110 Å². The summed E-state index contributed by atoms with van der Waals surface area (Å²) in [6, 6.07) is 3.07. The third-order valence-electron chi connectivity index (χ3n) is 2.37. The minimum Gasteiger partial charge on any atom is -0.397 e. The number of nitrogen functional groups attached to an aromatic ring is 1. The maximum Gasteiger partial charge on any atom is 0.161 e. The largest absolute Gasteiger partial charge is 0.397 e. The highest BCUT2D eigenvalue weighted by Gasteiger charge is 2.12. The van der Waals surface area contributed by atoms with E-state index in [0.29, 0.717) is 12.1 Å². The number of halogens is 5. The van der Waals surface area contributed by atoms with Crippen LogP contribution in [0.15, 0.2) is 24.3 Å². The normalized spacial score (nSPS) is 10.6. The lowest BCUT2D eigenvalue weighted by molar-refractivity contribution is 0.496. The predicted octanol–water partition coefficient (Wildman–Crippen LogP) is 4.22. The van der Waals surface area contributed by atoms with E-state index >= 15 is 0 Å². The van der Waals surface area contributed by atoms with E-state index in [-0.39, 0.29) is 22.1 Å². The molecule has 0 saturated carbocycles. The molecule has 0 heterocycles. The molecule has 0 aromatic heterocycles. The molecule has 3 N–H and O–H groups in total. The van der Waals surface area contributed by atoms with Crippen LogP contribution < -0.4 is 11.1 Å². The van der Waals surface area contributed by atoms with E-state index in [1.54, 1.807) is 0 Å². The van der Waals surface area contributed by atoms with E-state index in [4.69, 9.17) is 17.3 Å². The average molecular weight is 291 g/mol. The van der Waals surface area contributed by atoms with Crippen LogP contribution in [0.5, 0.6) is 0 Å². The van der Waals surface area contributed by atoms with Gasteiger partial charge in [0.25, 0.3) is 0 Å². The van der Waals surface area contributed by atoms with Crippen molar-refractivity contribution in [3.63, 3.8) is 0 Å². The highest BCUT2D eigenvalue weighted by atomic mass is 35.5. The molecule has 0 aliphatic rings. The molecule has 0 amide bonds. The van der Waals surface area contributed by atoms with Gasteiger partial charge in [-0.15, -0.1) is 0 Å². The zero-order valence-electron chi connectivity index (χ0n) is 9.28. The first-order chi connectivity index (χ1) is 8.88. The van der Waals surface area contributed by atoms with Crippen molar-refractivity contribution in [1.82, 2.24) is 0 Å². The molecule has 2 aromatic carbocycles. The first-order valence-corrected chi connectivity index (χ1v) is 5.42. The predicted molar refractivity (Wildman–Crippen MR) is 65.4 cm³/mol. The third kappa shape index (κ3) is 2.73. The molecule has 2 nitrogen and oxygen atoms in total. The van der Waals surface area contributed by atoms with Crippen LogP contribution in [0.3, 0.4) is 0 Å². The summed E-state index contributed by atoms with van der Waals surface area (Å²) in [7, 11) is 0. The fourth-order valence-electron chi connectivity index (χ4n) is 1.43. The molecule has 0 atom stereocenters. The van der Waals surface area contributed by atoms with Crippen LogP contribution in [-0.4, -0.2) is 0 Å². The van der Waals surface area contributed by atoms with Crippen LogP contribution in [0.25, 0.3) is 0 Å². The smallest absolute Gasteiger partial charge is 0.161 e. The van der Waals surface area contributed by atoms with Crippen molar-refractivity contribution in [3.8, 4) is 0 Å². The second kappa shape index (κ2) is 4.97. The molecular formula is C12H7ClF4N2. The Hall–Kier alpha value is -1.95. The van der Waals surface area contributed by atoms with Gasteiger partial charge in [0.15, 0.2) is 11.6 Å². The zero-order valence-corrected chi connectivity index (χ0v) is 10.0. The van der Waals surface area contributed by atoms with Crippen molar-refractivity contribution in [2.24, 2.45) is 0 Å². The standard InChI is InChI=1S/C12H7ClF4N2/c13-5-1-12(10(18)3-6(5)14)19-11-4-8(16)7(15)2-9(11)17/h1-4,19H,18H2. The van der Waals surface area contributed by atoms with Gasteiger partial charge in [-0.2, -0.15) is 0 Å². The Morgan fingerprint density at radius 1 is 0.789 bits per heavy atom. The van der Waals surface area contributed by atoms with Crippen molar-refractivity contribution in [2.75, 3.05) is 11.1 Å². The van der Waals surface area contributed by atoms with Crippen molar-refractivity contribution >= 4 is 28.7 Å². The first-order valence-electron chi connectivity index (χ1n) is 5.04. The monoisotopic (exact) mass is 290 g/mol. The fraction of sp³-hybridized carbons (Fsp3) is 0. The summed E-state index contributed by atoms with van der Waals surface area (Å²) < 4.78 is 52.2. The van der Waals surface area contributed by atoms with Gasteiger partial charge in [0.2, 0.25) is 0 Å². The fourth-order valence-corrected chi connectivity index (χ4v) is 1.60. The lowest BCUT2D eigenvalue weighted by Crippen LogP contribution is -2.01. The van der Waals surface area contributed by atoms with Crippen molar-refractivity contribution < 1.29 is 17.6 Å². The zero-order chi connectivity index (χ0) is 14.2. The van der Waals surface area contributed by atoms with Crippen molar-refractivity contribution in [2.45, 2.75) is 0 Å². The van der Waals surface area contributed by atoms with Crippen LogP contribution in [0.4, 0.5) is 34.6 Å². The summed E-state index contributed by atoms with van der Waals surface area (Å²) >= 11 is 5.55. The number of nitrogens with two attached hydrogens (primary N) is 1. The van der Waals surface area contributed by atoms with E-state index in [1.807, 2.05) is 0 Å². The number of hydrogen-bond acceptors (Lipinski definition) is 2. The molecule has 0 bridgehead atoms. The van der Waals surface area contributed by atoms with Gasteiger partial charge in [0, 0.05) is 18.2 Å². The van der Waals surface area contributed by atoms with Crippen molar-refractivity contribution in [1.29, 1.82) is 0 Å². The highest BCUT2D eigenvalue weighted by molar-refractivity contribution is 6.31. The second-order valence-electron chi connectivity index (χ2n) is 3.72. The number of hydrogen-bond donors (Lipinski definition) is 2. The van der Waals surface area contributed by atoms with E-state index in [1.165, 1.54) is 0 Å². The van der Waals surface area contributed by atoms with Crippen LogP contribution in [0.2, 0.25) is 5.02 Å². The third-order valence-corrected chi connectivity index (χ3v) is 2.66. The minimum absolute atomic E-state index is 0.0500. The second-order valence-corrected chi connectivity index (χ2v) is 4.13. The summed E-state index contributed by atoms with van der Waals surface area (Å²) in [5.74, 6) is -4.29. The summed E-state index contributed by atoms with van der Waals surface area (Å²) in [5.41, 5.74) is 5.20. The van der Waals surface area contributed by atoms with Gasteiger partial charge in [-0.3, -0.25) is 0 Å². The molecule has 0 aliphatic carbocycles. The Bertz CT molecular complexity index is 591. The molecular weight excluding hydrogens is 284 g/mol. The summed E-state index contributed by atoms with van der Waals surface area (Å²) in [6.45, 7) is 0. The Morgan fingerprint density at radius 2 is 1.42 bits per heavy atom. The maximum atomic E-state index is 13.4. The molecule has 100 valence electrons. The lowest BCUT2D eigenvalue weighted by Gasteiger charge is -2.11. The number of anilines is 3. The van der Waals surface area contributed by atoms with E-state index in [0.717, 1.165) is 12.1 Å². The Kier molecular flexibility index (Phi) is 3.53. The molecule has 0 saturated heterocycles. The quantitative estimate of drug-likeness (QED) is 0.494. The number of benzene rings is 2. The molecule has 2 aromatic rings. The van der Waals surface area contributed by atoms with Gasteiger partial charge in [-0.25, -0.2) is 17.6 Å². The molecule has 0 radical (unpaired) electrons. The molecule has 0 spiro atoms. The van der Waals surface area contributed by atoms with Gasteiger partial charge < -0.3 is 11.1 Å². The Balaban J connectivity index is 2.42. The molecule has 2 rings (SSSR count). The van der Waals surface area contributed by atoms with Crippen LogP contribution in [-0.2, 0) is 0 Å². The van der Waals surface area contributed by atoms with Gasteiger partial charge in [-0.1, -0.05) is 11.6 Å². The molecule has 0 aliphatic heterocycles. The van der Waals surface area contributed by atoms with Crippen LogP contribution >= 0.6 is 11.6 Å². The maximum absolute atomic E-state index is 13.4. The van der Waals surface area contributed by atoms with E-state index in [2.05, 4.69) is 5.32 Å². The Morgan fingerprint density at radius 3 is 2.11 bits per heavy atom. The van der Waals surface area contributed by atoms with Crippen LogP contribution in [0, 0.1) is 23.3 Å². The topological polar surface area (TPSA) is 38.0 Å². The molecule has 7 heteroatoms. The van der Waals surface area contributed by atoms with Crippen LogP contribution in [0.1, 0.15) is 0 Å². The van der Waals surface area contributed by atoms with Gasteiger partial charge in [0.05, 0.1) is 22.1 Å². The lowest BCUT2D eigenvalue weighted by atomic mass is 10.2. The van der Waals surface area contributed by atoms with Gasteiger partial charge >= 0.3 is 0 Å². The van der Waals surface area contributed by atoms with Crippen molar-refractivity contribution in [3.05, 3.63) is 52.6 Å². The summed E-state index contributed by atoms with van der Waals surface area (Å²) in [4.78, 5) is 0. The highest BCUT2D eigenvalue weighted by Crippen LogP contribution is 2.30. The SMILES string of the molecule is Nc1cc(F)c(Cl)cc1Nc1cc(F)c(F)cc1F. The molecule has 0 fully saturated rings. The van der Waals surface area contributed by atoms with Gasteiger partial charge in [-0.05, 0) is 6.07 Å².